The monoisotopic (exact) mass is 234 g/mol. The van der Waals surface area contributed by atoms with Gasteiger partial charge in [-0.15, -0.1) is 0 Å². The summed E-state index contributed by atoms with van der Waals surface area (Å²) in [7, 11) is 1.21. The lowest BCUT2D eigenvalue weighted by Gasteiger charge is -2.21. The smallest absolute Gasteiger partial charge is 0.339 e. The van der Waals surface area contributed by atoms with Gasteiger partial charge < -0.3 is 15.2 Å². The number of ether oxygens (including phenoxy) is 1. The Balaban J connectivity index is 2.74. The first-order valence-electron chi connectivity index (χ1n) is 5.05. The van der Waals surface area contributed by atoms with Crippen molar-refractivity contribution < 1.29 is 14.6 Å². The van der Waals surface area contributed by atoms with Crippen molar-refractivity contribution in [3.8, 4) is 6.07 Å². The lowest BCUT2D eigenvalue weighted by Crippen LogP contribution is -2.42. The predicted molar refractivity (Wildman–Crippen MR) is 62.3 cm³/mol. The third-order valence-electron chi connectivity index (χ3n) is 2.30. The van der Waals surface area contributed by atoms with Gasteiger partial charge in [0, 0.05) is 0 Å². The number of methoxy groups -OCH3 is 1. The molecule has 0 aliphatic heterocycles. The maximum atomic E-state index is 11.2. The third kappa shape index (κ3) is 3.20. The number of benzene rings is 1. The average molecular weight is 234 g/mol. The quantitative estimate of drug-likeness (QED) is 0.756. The van der Waals surface area contributed by atoms with Crippen LogP contribution in [0.1, 0.15) is 12.5 Å². The van der Waals surface area contributed by atoms with Gasteiger partial charge in [-0.2, -0.15) is 5.26 Å². The fourth-order valence-corrected chi connectivity index (χ4v) is 1.29. The van der Waals surface area contributed by atoms with E-state index in [-0.39, 0.29) is 6.54 Å². The molecule has 1 rings (SSSR count). The van der Waals surface area contributed by atoms with Crippen molar-refractivity contribution in [2.75, 3.05) is 19.0 Å². The van der Waals surface area contributed by atoms with Crippen molar-refractivity contribution in [1.82, 2.24) is 0 Å². The number of esters is 1. The zero-order valence-corrected chi connectivity index (χ0v) is 9.73. The van der Waals surface area contributed by atoms with E-state index in [1.165, 1.54) is 14.0 Å². The Hall–Kier alpha value is -2.06. The Bertz CT molecular complexity index is 449. The van der Waals surface area contributed by atoms with Crippen molar-refractivity contribution in [2.24, 2.45) is 0 Å². The number of nitrogens with one attached hydrogen (secondary N) is 1. The van der Waals surface area contributed by atoms with Crippen LogP contribution in [0.15, 0.2) is 24.3 Å². The Kier molecular flexibility index (Phi) is 4.07. The number of para-hydroxylation sites is 1. The van der Waals surface area contributed by atoms with Gasteiger partial charge in [0.2, 0.25) is 0 Å². The van der Waals surface area contributed by atoms with E-state index in [2.05, 4.69) is 10.1 Å². The van der Waals surface area contributed by atoms with Gasteiger partial charge in [0.15, 0.2) is 5.60 Å². The summed E-state index contributed by atoms with van der Waals surface area (Å²) in [5.41, 5.74) is -0.607. The minimum Gasteiger partial charge on any atom is -0.467 e. The van der Waals surface area contributed by atoms with Crippen molar-refractivity contribution in [1.29, 1.82) is 5.26 Å². The second kappa shape index (κ2) is 5.32. The van der Waals surface area contributed by atoms with Crippen LogP contribution in [0.4, 0.5) is 5.69 Å². The number of anilines is 1. The summed E-state index contributed by atoms with van der Waals surface area (Å²) in [4.78, 5) is 11.2. The van der Waals surface area contributed by atoms with E-state index >= 15 is 0 Å². The van der Waals surface area contributed by atoms with Crippen molar-refractivity contribution in [3.05, 3.63) is 29.8 Å². The van der Waals surface area contributed by atoms with Gasteiger partial charge >= 0.3 is 5.97 Å². The van der Waals surface area contributed by atoms with Crippen molar-refractivity contribution in [2.45, 2.75) is 12.5 Å². The maximum absolute atomic E-state index is 11.2. The van der Waals surface area contributed by atoms with E-state index in [0.29, 0.717) is 11.3 Å². The number of nitrogens with zero attached hydrogens (tertiary/aromatic N) is 1. The van der Waals surface area contributed by atoms with E-state index in [0.717, 1.165) is 0 Å². The lowest BCUT2D eigenvalue weighted by molar-refractivity contribution is -0.158. The average Bonchev–Trinajstić information content (AvgIpc) is 2.35. The normalized spacial score (nSPS) is 13.3. The van der Waals surface area contributed by atoms with E-state index < -0.39 is 11.6 Å². The zero-order valence-electron chi connectivity index (χ0n) is 9.73. The van der Waals surface area contributed by atoms with E-state index in [4.69, 9.17) is 5.26 Å². The van der Waals surface area contributed by atoms with Crippen LogP contribution in [-0.2, 0) is 9.53 Å². The van der Waals surface area contributed by atoms with Crippen LogP contribution in [0, 0.1) is 11.3 Å². The predicted octanol–water partition coefficient (Wildman–Crippen LogP) is 0.894. The molecule has 5 heteroatoms. The van der Waals surface area contributed by atoms with Gasteiger partial charge in [-0.05, 0) is 19.1 Å². The second-order valence-electron chi connectivity index (χ2n) is 3.78. The molecule has 0 bridgehead atoms. The zero-order chi connectivity index (χ0) is 12.9. The molecule has 0 radical (unpaired) electrons. The van der Waals surface area contributed by atoms with Crippen molar-refractivity contribution >= 4 is 11.7 Å². The highest BCUT2D eigenvalue weighted by Gasteiger charge is 2.31. The van der Waals surface area contributed by atoms with Crippen LogP contribution in [0.3, 0.4) is 0 Å². The molecule has 0 amide bonds. The summed E-state index contributed by atoms with van der Waals surface area (Å²) in [6.45, 7) is 1.32. The van der Waals surface area contributed by atoms with Crippen LogP contribution in [-0.4, -0.2) is 30.3 Å². The fraction of sp³-hybridized carbons (Fsp3) is 0.333. The number of hydrogen-bond acceptors (Lipinski definition) is 5. The van der Waals surface area contributed by atoms with E-state index in [1.807, 2.05) is 6.07 Å². The molecule has 0 aliphatic rings. The standard InChI is InChI=1S/C12H14N2O3/c1-12(16,11(15)17-2)8-14-10-6-4-3-5-9(10)7-13/h3-6,14,16H,8H2,1-2H3. The molecule has 0 fully saturated rings. The Labute approximate surface area is 99.6 Å². The molecule has 17 heavy (non-hydrogen) atoms. The number of rotatable bonds is 4. The fourth-order valence-electron chi connectivity index (χ4n) is 1.29. The molecule has 0 aliphatic carbocycles. The van der Waals surface area contributed by atoms with Crippen molar-refractivity contribution in [3.63, 3.8) is 0 Å². The van der Waals surface area contributed by atoms with Gasteiger partial charge in [-0.3, -0.25) is 0 Å². The Morgan fingerprint density at radius 2 is 2.24 bits per heavy atom. The highest BCUT2D eigenvalue weighted by atomic mass is 16.5. The third-order valence-corrected chi connectivity index (χ3v) is 2.30. The highest BCUT2D eigenvalue weighted by molar-refractivity contribution is 5.79. The van der Waals surface area contributed by atoms with Gasteiger partial charge in [0.05, 0.1) is 24.9 Å². The number of hydrogen-bond donors (Lipinski definition) is 2. The molecule has 1 aromatic rings. The molecule has 0 saturated carbocycles. The molecule has 1 atom stereocenters. The number of carbonyl (C=O) groups is 1. The molecule has 0 aromatic heterocycles. The van der Waals surface area contributed by atoms with Crippen LogP contribution < -0.4 is 5.32 Å². The van der Waals surface area contributed by atoms with Crippen LogP contribution in [0.2, 0.25) is 0 Å². The van der Waals surface area contributed by atoms with Gasteiger partial charge in [0.1, 0.15) is 6.07 Å². The summed E-state index contributed by atoms with van der Waals surface area (Å²) in [6, 6.07) is 8.86. The minimum absolute atomic E-state index is 0.0294. The van der Waals surface area contributed by atoms with Crippen LogP contribution >= 0.6 is 0 Å². The SMILES string of the molecule is COC(=O)C(C)(O)CNc1ccccc1C#N. The maximum Gasteiger partial charge on any atom is 0.339 e. The molecule has 90 valence electrons. The van der Waals surface area contributed by atoms with Gasteiger partial charge in [-0.1, -0.05) is 12.1 Å². The summed E-state index contributed by atoms with van der Waals surface area (Å²) in [5.74, 6) is -0.723. The Morgan fingerprint density at radius 3 is 2.82 bits per heavy atom. The molecule has 0 spiro atoms. The summed E-state index contributed by atoms with van der Waals surface area (Å²) >= 11 is 0. The summed E-state index contributed by atoms with van der Waals surface area (Å²) < 4.78 is 4.47. The number of aliphatic hydroxyl groups is 1. The van der Waals surface area contributed by atoms with Crippen LogP contribution in [0.5, 0.6) is 0 Å². The van der Waals surface area contributed by atoms with Gasteiger partial charge in [-0.25, -0.2) is 4.79 Å². The largest absolute Gasteiger partial charge is 0.467 e. The first-order valence-corrected chi connectivity index (χ1v) is 5.05. The van der Waals surface area contributed by atoms with Crippen LogP contribution in [0.25, 0.3) is 0 Å². The van der Waals surface area contributed by atoms with Gasteiger partial charge in [0.25, 0.3) is 0 Å². The molecule has 0 heterocycles. The summed E-state index contributed by atoms with van der Waals surface area (Å²) in [5, 5.41) is 21.5. The number of carbonyl (C=O) groups excluding carboxylic acids is 1. The molecule has 0 saturated heterocycles. The first-order chi connectivity index (χ1) is 8.01. The molecule has 1 aromatic carbocycles. The molecular weight excluding hydrogens is 220 g/mol. The Morgan fingerprint density at radius 1 is 1.59 bits per heavy atom. The molecular formula is C12H14N2O3. The number of nitriles is 1. The molecule has 5 nitrogen and oxygen atoms in total. The highest BCUT2D eigenvalue weighted by Crippen LogP contribution is 2.15. The van der Waals surface area contributed by atoms with E-state index in [1.54, 1.807) is 24.3 Å². The molecule has 1 unspecified atom stereocenters. The first kappa shape index (κ1) is 13.0. The second-order valence-corrected chi connectivity index (χ2v) is 3.78. The minimum atomic E-state index is -1.63. The molecule has 2 N–H and O–H groups in total. The topological polar surface area (TPSA) is 82.3 Å². The lowest BCUT2D eigenvalue weighted by atomic mass is 10.1. The summed E-state index contributed by atoms with van der Waals surface area (Å²) in [6.07, 6.45) is 0. The van der Waals surface area contributed by atoms with E-state index in [9.17, 15) is 9.90 Å².